The van der Waals surface area contributed by atoms with E-state index in [9.17, 15) is 0 Å². The Bertz CT molecular complexity index is 818. The first-order chi connectivity index (χ1) is 10.2. The smallest absolute Gasteiger partial charge is 0.106 e. The summed E-state index contributed by atoms with van der Waals surface area (Å²) >= 11 is 7.89. The zero-order valence-corrected chi connectivity index (χ0v) is 12.9. The maximum absolute atomic E-state index is 8.84. The second-order valence-corrected chi connectivity index (χ2v) is 6.01. The van der Waals surface area contributed by atoms with Gasteiger partial charge in [0.2, 0.25) is 0 Å². The highest BCUT2D eigenvalue weighted by Gasteiger charge is 2.12. The molecule has 1 unspecified atom stereocenters. The van der Waals surface area contributed by atoms with Crippen LogP contribution >= 0.6 is 22.9 Å². The van der Waals surface area contributed by atoms with E-state index in [0.29, 0.717) is 10.6 Å². The first-order valence-electron chi connectivity index (χ1n) is 6.47. The standard InChI is InChI=1S/C16H12ClN3S/c1-10(12-4-2-11(8-18)3-5-12)20-15-13(17)6-7-14-16(15)19-9-21-14/h2-7,9-10,20H,1H3. The molecule has 3 rings (SSSR count). The van der Waals surface area contributed by atoms with E-state index in [1.807, 2.05) is 41.9 Å². The molecule has 21 heavy (non-hydrogen) atoms. The number of halogens is 1. The summed E-state index contributed by atoms with van der Waals surface area (Å²) in [6.45, 7) is 2.06. The van der Waals surface area contributed by atoms with Crippen molar-refractivity contribution < 1.29 is 0 Å². The van der Waals surface area contributed by atoms with Gasteiger partial charge in [0.15, 0.2) is 0 Å². The summed E-state index contributed by atoms with van der Waals surface area (Å²) in [5.41, 5.74) is 5.32. The summed E-state index contributed by atoms with van der Waals surface area (Å²) in [5.74, 6) is 0. The Kier molecular flexibility index (Phi) is 3.78. The number of anilines is 1. The second kappa shape index (κ2) is 5.72. The molecule has 1 aromatic heterocycles. The predicted octanol–water partition coefficient (Wildman–Crippen LogP) is 4.99. The first kappa shape index (κ1) is 13.9. The Morgan fingerprint density at radius 3 is 2.71 bits per heavy atom. The van der Waals surface area contributed by atoms with Crippen molar-refractivity contribution in [2.75, 3.05) is 5.32 Å². The van der Waals surface area contributed by atoms with Gasteiger partial charge in [0, 0.05) is 6.04 Å². The minimum atomic E-state index is 0.0718. The molecule has 0 spiro atoms. The fourth-order valence-corrected chi connectivity index (χ4v) is 3.08. The lowest BCUT2D eigenvalue weighted by molar-refractivity contribution is 0.886. The van der Waals surface area contributed by atoms with Crippen LogP contribution in [0.2, 0.25) is 5.02 Å². The molecule has 0 saturated carbocycles. The van der Waals surface area contributed by atoms with Gasteiger partial charge in [-0.25, -0.2) is 4.98 Å². The van der Waals surface area contributed by atoms with Gasteiger partial charge < -0.3 is 5.32 Å². The van der Waals surface area contributed by atoms with Crippen molar-refractivity contribution >= 4 is 38.8 Å². The van der Waals surface area contributed by atoms with Crippen molar-refractivity contribution in [2.45, 2.75) is 13.0 Å². The average molecular weight is 314 g/mol. The molecule has 1 heterocycles. The number of rotatable bonds is 3. The SMILES string of the molecule is CC(Nc1c(Cl)ccc2scnc12)c1ccc(C#N)cc1. The largest absolute Gasteiger partial charge is 0.376 e. The quantitative estimate of drug-likeness (QED) is 0.740. The van der Waals surface area contributed by atoms with Gasteiger partial charge in [0.25, 0.3) is 0 Å². The molecule has 0 saturated heterocycles. The van der Waals surface area contributed by atoms with Crippen LogP contribution < -0.4 is 5.32 Å². The number of aromatic nitrogens is 1. The van der Waals surface area contributed by atoms with E-state index in [0.717, 1.165) is 21.5 Å². The van der Waals surface area contributed by atoms with Gasteiger partial charge in [-0.15, -0.1) is 11.3 Å². The van der Waals surface area contributed by atoms with Gasteiger partial charge >= 0.3 is 0 Å². The molecule has 0 radical (unpaired) electrons. The van der Waals surface area contributed by atoms with Crippen LogP contribution in [0.1, 0.15) is 24.1 Å². The number of fused-ring (bicyclic) bond motifs is 1. The third-order valence-electron chi connectivity index (χ3n) is 3.35. The van der Waals surface area contributed by atoms with Crippen molar-refractivity contribution in [3.63, 3.8) is 0 Å². The third-order valence-corrected chi connectivity index (χ3v) is 4.46. The van der Waals surface area contributed by atoms with Crippen LogP contribution in [-0.4, -0.2) is 4.98 Å². The Morgan fingerprint density at radius 1 is 1.24 bits per heavy atom. The molecule has 3 nitrogen and oxygen atoms in total. The molecule has 104 valence electrons. The van der Waals surface area contributed by atoms with Gasteiger partial charge in [-0.1, -0.05) is 23.7 Å². The van der Waals surface area contributed by atoms with Crippen LogP contribution in [0.5, 0.6) is 0 Å². The highest BCUT2D eigenvalue weighted by Crippen LogP contribution is 2.34. The van der Waals surface area contributed by atoms with Crippen LogP contribution in [0.4, 0.5) is 5.69 Å². The number of benzene rings is 2. The molecular formula is C16H12ClN3S. The fraction of sp³-hybridized carbons (Fsp3) is 0.125. The lowest BCUT2D eigenvalue weighted by atomic mass is 10.1. The molecule has 0 aliphatic heterocycles. The fourth-order valence-electron chi connectivity index (χ4n) is 2.19. The minimum absolute atomic E-state index is 0.0718. The summed E-state index contributed by atoms with van der Waals surface area (Å²) in [6, 6.07) is 13.6. The van der Waals surface area contributed by atoms with Crippen LogP contribution in [0.15, 0.2) is 41.9 Å². The molecule has 0 aliphatic rings. The van der Waals surface area contributed by atoms with E-state index < -0.39 is 0 Å². The Morgan fingerprint density at radius 2 is 2.00 bits per heavy atom. The monoisotopic (exact) mass is 313 g/mol. The lowest BCUT2D eigenvalue weighted by Crippen LogP contribution is -2.07. The number of thiazole rings is 1. The summed E-state index contributed by atoms with van der Waals surface area (Å²) in [7, 11) is 0. The zero-order chi connectivity index (χ0) is 14.8. The number of hydrogen-bond acceptors (Lipinski definition) is 4. The van der Waals surface area contributed by atoms with Crippen molar-refractivity contribution in [2.24, 2.45) is 0 Å². The zero-order valence-electron chi connectivity index (χ0n) is 11.3. The summed E-state index contributed by atoms with van der Waals surface area (Å²) in [4.78, 5) is 4.38. The molecular weight excluding hydrogens is 302 g/mol. The number of nitrogens with one attached hydrogen (secondary N) is 1. The van der Waals surface area contributed by atoms with E-state index in [1.54, 1.807) is 11.3 Å². The summed E-state index contributed by atoms with van der Waals surface area (Å²) < 4.78 is 1.11. The summed E-state index contributed by atoms with van der Waals surface area (Å²) in [5, 5.41) is 12.9. The number of hydrogen-bond donors (Lipinski definition) is 1. The highest BCUT2D eigenvalue weighted by atomic mass is 35.5. The molecule has 1 N–H and O–H groups in total. The van der Waals surface area contributed by atoms with Crippen molar-refractivity contribution in [1.82, 2.24) is 4.98 Å². The van der Waals surface area contributed by atoms with Gasteiger partial charge in [-0.05, 0) is 36.8 Å². The Labute approximate surface area is 131 Å². The van der Waals surface area contributed by atoms with Gasteiger partial charge in [0.1, 0.15) is 5.52 Å². The molecule has 0 aliphatic carbocycles. The van der Waals surface area contributed by atoms with Gasteiger partial charge in [-0.2, -0.15) is 5.26 Å². The van der Waals surface area contributed by atoms with E-state index in [2.05, 4.69) is 23.3 Å². The van der Waals surface area contributed by atoms with Gasteiger partial charge in [0.05, 0.1) is 32.6 Å². The normalized spacial score (nSPS) is 12.0. The third kappa shape index (κ3) is 2.71. The van der Waals surface area contributed by atoms with Crippen LogP contribution in [0.25, 0.3) is 10.2 Å². The van der Waals surface area contributed by atoms with Gasteiger partial charge in [-0.3, -0.25) is 0 Å². The summed E-state index contributed by atoms with van der Waals surface area (Å²) in [6.07, 6.45) is 0. The molecule has 2 aromatic carbocycles. The van der Waals surface area contributed by atoms with E-state index in [4.69, 9.17) is 16.9 Å². The van der Waals surface area contributed by atoms with E-state index in [1.165, 1.54) is 0 Å². The molecule has 0 bridgehead atoms. The average Bonchev–Trinajstić information content (AvgIpc) is 2.99. The Hall–Kier alpha value is -2.09. The van der Waals surface area contributed by atoms with E-state index in [-0.39, 0.29) is 6.04 Å². The maximum atomic E-state index is 8.84. The molecule has 3 aromatic rings. The maximum Gasteiger partial charge on any atom is 0.106 e. The molecule has 0 fully saturated rings. The van der Waals surface area contributed by atoms with Crippen molar-refractivity contribution in [3.05, 3.63) is 58.1 Å². The van der Waals surface area contributed by atoms with Crippen molar-refractivity contribution in [1.29, 1.82) is 5.26 Å². The number of nitriles is 1. The number of nitrogens with zero attached hydrogens (tertiary/aromatic N) is 2. The van der Waals surface area contributed by atoms with Crippen LogP contribution in [0.3, 0.4) is 0 Å². The minimum Gasteiger partial charge on any atom is -0.376 e. The van der Waals surface area contributed by atoms with Crippen LogP contribution in [-0.2, 0) is 0 Å². The van der Waals surface area contributed by atoms with E-state index >= 15 is 0 Å². The first-order valence-corrected chi connectivity index (χ1v) is 7.73. The topological polar surface area (TPSA) is 48.7 Å². The van der Waals surface area contributed by atoms with Crippen molar-refractivity contribution in [3.8, 4) is 6.07 Å². The highest BCUT2D eigenvalue weighted by molar-refractivity contribution is 7.16. The molecule has 0 amide bonds. The lowest BCUT2D eigenvalue weighted by Gasteiger charge is -2.17. The van der Waals surface area contributed by atoms with Crippen LogP contribution in [0, 0.1) is 11.3 Å². The Balaban J connectivity index is 1.92. The second-order valence-electron chi connectivity index (χ2n) is 4.72. The molecule has 5 heteroatoms. The molecule has 1 atom stereocenters. The predicted molar refractivity (Wildman–Crippen MR) is 87.8 cm³/mol.